The number of aromatic nitrogens is 2. The lowest BCUT2D eigenvalue weighted by molar-refractivity contribution is -0.127. The lowest BCUT2D eigenvalue weighted by atomic mass is 9.86. The summed E-state index contributed by atoms with van der Waals surface area (Å²) in [6.45, 7) is 13.0. The van der Waals surface area contributed by atoms with Gasteiger partial charge in [-0.3, -0.25) is 9.69 Å². The minimum absolute atomic E-state index is 0.00435. The predicted molar refractivity (Wildman–Crippen MR) is 187 cm³/mol. The molecule has 2 aliphatic rings. The van der Waals surface area contributed by atoms with Crippen LogP contribution in [0.4, 0.5) is 0 Å². The van der Waals surface area contributed by atoms with E-state index in [1.54, 1.807) is 11.3 Å². The number of aliphatic hydroxyl groups excluding tert-OH is 1. The average Bonchev–Trinajstić information content (AvgIpc) is 3.89. The quantitative estimate of drug-likeness (QED) is 0.136. The van der Waals surface area contributed by atoms with Gasteiger partial charge in [-0.2, -0.15) is 0 Å². The minimum Gasteiger partial charge on any atom is -0.476 e. The number of β-amino-alcohol motifs (C(OH)–C–C–N with tert-alkyl or cyclic N) is 1. The molecule has 0 radical (unpaired) electrons. The van der Waals surface area contributed by atoms with E-state index in [2.05, 4.69) is 65.4 Å². The van der Waals surface area contributed by atoms with Crippen molar-refractivity contribution in [3.63, 3.8) is 0 Å². The van der Waals surface area contributed by atoms with E-state index < -0.39 is 12.1 Å². The highest BCUT2D eigenvalue weighted by Gasteiger charge is 2.43. The Balaban J connectivity index is 1.26. The van der Waals surface area contributed by atoms with E-state index in [1.165, 1.54) is 0 Å². The van der Waals surface area contributed by atoms with Crippen molar-refractivity contribution in [1.82, 2.24) is 20.4 Å². The molecule has 5 atom stereocenters. The number of benzene rings is 1. The highest BCUT2D eigenvalue weighted by atomic mass is 32.1. The van der Waals surface area contributed by atoms with E-state index in [0.717, 1.165) is 72.4 Å². The van der Waals surface area contributed by atoms with Crippen LogP contribution in [-0.2, 0) is 14.3 Å². The average molecular weight is 683 g/mol. The van der Waals surface area contributed by atoms with Crippen molar-refractivity contribution < 1.29 is 28.6 Å². The summed E-state index contributed by atoms with van der Waals surface area (Å²) in [5.74, 6) is 1.72. The van der Waals surface area contributed by atoms with Crippen LogP contribution in [0.2, 0.25) is 0 Å². The number of aliphatic hydroxyl groups is 1. The third kappa shape index (κ3) is 9.65. The fraction of sp³-hybridized carbons (Fsp3) is 0.649. The molecule has 2 aliphatic heterocycles. The van der Waals surface area contributed by atoms with Crippen LogP contribution >= 0.6 is 11.3 Å². The molecule has 11 heteroatoms. The number of unbranched alkanes of at least 4 members (excludes halogenated alkanes) is 1. The summed E-state index contributed by atoms with van der Waals surface area (Å²) in [4.78, 5) is 21.7. The van der Waals surface area contributed by atoms with Crippen molar-refractivity contribution >= 4 is 17.2 Å². The van der Waals surface area contributed by atoms with Crippen LogP contribution < -0.4 is 10.1 Å². The van der Waals surface area contributed by atoms with Crippen molar-refractivity contribution in [3.05, 3.63) is 52.9 Å². The van der Waals surface area contributed by atoms with Crippen LogP contribution in [0.3, 0.4) is 0 Å². The maximum absolute atomic E-state index is 14.0. The number of hydrogen-bond donors (Lipinski definition) is 2. The Labute approximate surface area is 289 Å². The number of aryl methyl sites for hydroxylation is 1. The van der Waals surface area contributed by atoms with E-state index >= 15 is 0 Å². The standard InChI is InChI=1S/C37H54N4O6S/c1-6-9-30(33-21-34(40-47-33)44-17-8-7-10-35-45-18-19-46-35)31(16-11-24(2)3)41-22-29(42)20-32(41)37(43)39-25(4)27-12-14-28(15-13-27)36-26(5)38-23-48-36/h12-15,21,23-25,29-32,35,42H,6-11,16-20,22H2,1-5H3,(H,39,43)/t25?,29-,30?,31?,32+/m1/s1. The number of ether oxygens (including phenoxy) is 3. The normalized spacial score (nSPS) is 20.7. The number of thiazole rings is 1. The molecular formula is C37H54N4O6S. The molecule has 3 unspecified atom stereocenters. The van der Waals surface area contributed by atoms with Crippen molar-refractivity contribution in [2.75, 3.05) is 26.4 Å². The summed E-state index contributed by atoms with van der Waals surface area (Å²) >= 11 is 1.63. The first kappa shape index (κ1) is 36.5. The van der Waals surface area contributed by atoms with Gasteiger partial charge in [0.05, 0.1) is 54.1 Å². The molecule has 0 aliphatic carbocycles. The van der Waals surface area contributed by atoms with Gasteiger partial charge in [-0.05, 0) is 81.0 Å². The van der Waals surface area contributed by atoms with E-state index in [0.29, 0.717) is 44.6 Å². The number of amides is 1. The second-order valence-electron chi connectivity index (χ2n) is 13.7. The van der Waals surface area contributed by atoms with E-state index in [9.17, 15) is 9.90 Å². The van der Waals surface area contributed by atoms with Gasteiger partial charge in [0.15, 0.2) is 6.29 Å². The van der Waals surface area contributed by atoms with Crippen molar-refractivity contribution in [2.45, 2.75) is 122 Å². The summed E-state index contributed by atoms with van der Waals surface area (Å²) in [6, 6.07) is 9.65. The second-order valence-corrected chi connectivity index (χ2v) is 14.6. The largest absolute Gasteiger partial charge is 0.476 e. The molecule has 2 N–H and O–H groups in total. The number of nitrogens with one attached hydrogen (secondary N) is 1. The smallest absolute Gasteiger partial charge is 0.254 e. The van der Waals surface area contributed by atoms with Crippen LogP contribution in [-0.4, -0.2) is 76.9 Å². The van der Waals surface area contributed by atoms with Gasteiger partial charge >= 0.3 is 0 Å². The lowest BCUT2D eigenvalue weighted by Gasteiger charge is -2.37. The molecule has 48 heavy (non-hydrogen) atoms. The second kappa shape index (κ2) is 17.7. The van der Waals surface area contributed by atoms with Crippen LogP contribution in [0.25, 0.3) is 10.4 Å². The van der Waals surface area contributed by atoms with Crippen LogP contribution in [0, 0.1) is 12.8 Å². The predicted octanol–water partition coefficient (Wildman–Crippen LogP) is 7.03. The van der Waals surface area contributed by atoms with E-state index in [-0.39, 0.29) is 30.2 Å². The molecule has 0 saturated carbocycles. The van der Waals surface area contributed by atoms with Gasteiger partial charge in [0.25, 0.3) is 5.88 Å². The Morgan fingerprint density at radius 1 is 1.12 bits per heavy atom. The van der Waals surface area contributed by atoms with Gasteiger partial charge in [-0.25, -0.2) is 4.98 Å². The van der Waals surface area contributed by atoms with Gasteiger partial charge in [0.2, 0.25) is 5.91 Å². The van der Waals surface area contributed by atoms with Gasteiger partial charge in [0, 0.05) is 24.6 Å². The molecule has 264 valence electrons. The third-order valence-corrected chi connectivity index (χ3v) is 10.6. The summed E-state index contributed by atoms with van der Waals surface area (Å²) < 4.78 is 23.0. The molecule has 2 saturated heterocycles. The van der Waals surface area contributed by atoms with Gasteiger partial charge in [0.1, 0.15) is 5.76 Å². The van der Waals surface area contributed by atoms with Crippen molar-refractivity contribution in [2.24, 2.45) is 5.92 Å². The fourth-order valence-electron chi connectivity index (χ4n) is 6.97. The van der Waals surface area contributed by atoms with Crippen LogP contribution in [0.5, 0.6) is 5.88 Å². The van der Waals surface area contributed by atoms with Gasteiger partial charge in [-0.1, -0.05) is 51.5 Å². The molecule has 2 fully saturated rings. The zero-order valence-electron chi connectivity index (χ0n) is 29.2. The maximum atomic E-state index is 14.0. The monoisotopic (exact) mass is 682 g/mol. The first-order chi connectivity index (χ1) is 23.2. The Hall–Kier alpha value is -2.83. The molecule has 10 nitrogen and oxygen atoms in total. The minimum atomic E-state index is -0.574. The molecule has 2 aromatic heterocycles. The highest BCUT2D eigenvalue weighted by Crippen LogP contribution is 2.37. The maximum Gasteiger partial charge on any atom is 0.254 e. The first-order valence-corrected chi connectivity index (χ1v) is 18.7. The zero-order chi connectivity index (χ0) is 34.0. The van der Waals surface area contributed by atoms with Gasteiger partial charge in [-0.15, -0.1) is 11.3 Å². The summed E-state index contributed by atoms with van der Waals surface area (Å²) in [7, 11) is 0. The molecule has 1 aromatic carbocycles. The molecular weight excluding hydrogens is 628 g/mol. The van der Waals surface area contributed by atoms with Crippen LogP contribution in [0.1, 0.15) is 108 Å². The van der Waals surface area contributed by atoms with E-state index in [1.807, 2.05) is 25.4 Å². The number of carbonyl (C=O) groups excluding carboxylic acids is 1. The lowest BCUT2D eigenvalue weighted by Crippen LogP contribution is -2.50. The summed E-state index contributed by atoms with van der Waals surface area (Å²) in [5.41, 5.74) is 5.05. The Morgan fingerprint density at radius 3 is 2.58 bits per heavy atom. The first-order valence-electron chi connectivity index (χ1n) is 17.8. The molecule has 1 amide bonds. The molecule has 0 spiro atoms. The summed E-state index contributed by atoms with van der Waals surface area (Å²) in [6.07, 6.45) is 6.13. The number of hydrogen-bond acceptors (Lipinski definition) is 10. The number of rotatable bonds is 18. The van der Waals surface area contributed by atoms with Crippen molar-refractivity contribution in [3.8, 4) is 16.3 Å². The van der Waals surface area contributed by atoms with Gasteiger partial charge < -0.3 is 29.2 Å². The Morgan fingerprint density at radius 2 is 1.90 bits per heavy atom. The number of carbonyl (C=O) groups is 1. The SMILES string of the molecule is CCCC(c1cc(OCCCCC2OCCO2)no1)C(CCC(C)C)N1C[C@H](O)C[C@H]1C(=O)NC(C)c1ccc(-c2scnc2C)cc1. The fourth-order valence-corrected chi connectivity index (χ4v) is 7.79. The van der Waals surface area contributed by atoms with Crippen molar-refractivity contribution in [1.29, 1.82) is 0 Å². The molecule has 3 aromatic rings. The third-order valence-electron chi connectivity index (χ3n) is 9.57. The highest BCUT2D eigenvalue weighted by molar-refractivity contribution is 7.13. The van der Waals surface area contributed by atoms with Crippen LogP contribution in [0.15, 0.2) is 40.4 Å². The summed E-state index contributed by atoms with van der Waals surface area (Å²) in [5, 5.41) is 18.5. The topological polar surface area (TPSA) is 119 Å². The molecule has 0 bridgehead atoms. The van der Waals surface area contributed by atoms with E-state index in [4.69, 9.17) is 18.7 Å². The molecule has 4 heterocycles. The Bertz CT molecular complexity index is 1400. The zero-order valence-corrected chi connectivity index (χ0v) is 30.0. The Kier molecular flexibility index (Phi) is 13.5. The number of nitrogens with zero attached hydrogens (tertiary/aromatic N) is 3. The number of likely N-dealkylation sites (tertiary alicyclic amines) is 1. The molecule has 5 rings (SSSR count).